The minimum atomic E-state index is -1.73. The average molecular weight is 405 g/mol. The highest BCUT2D eigenvalue weighted by atomic mass is 31.2. The van der Waals surface area contributed by atoms with Crippen LogP contribution in [0.5, 0.6) is 0 Å². The lowest BCUT2D eigenvalue weighted by molar-refractivity contribution is -0.121. The van der Waals surface area contributed by atoms with Gasteiger partial charge in [-0.05, 0) is 62.6 Å². The van der Waals surface area contributed by atoms with Gasteiger partial charge in [-0.3, -0.25) is 4.79 Å². The Bertz CT molecular complexity index is 768. The number of nitrogens with one attached hydrogen (secondary N) is 1. The normalized spacial score (nSPS) is 11.2. The predicted octanol–water partition coefficient (Wildman–Crippen LogP) is 4.68. The highest BCUT2D eigenvalue weighted by molar-refractivity contribution is 7.95. The van der Waals surface area contributed by atoms with Gasteiger partial charge in [-0.15, -0.1) is 0 Å². The topological polar surface area (TPSA) is 29.1 Å². The Morgan fingerprint density at radius 1 is 0.690 bits per heavy atom. The maximum absolute atomic E-state index is 11.8. The Balaban J connectivity index is 1.90. The molecule has 3 rings (SSSR count). The summed E-state index contributed by atoms with van der Waals surface area (Å²) in [6.45, 7) is 2.68. The molecule has 0 spiro atoms. The monoisotopic (exact) mass is 404 g/mol. The first-order chi connectivity index (χ1) is 14.3. The van der Waals surface area contributed by atoms with Crippen LogP contribution >= 0.6 is 7.26 Å². The fourth-order valence-electron chi connectivity index (χ4n) is 3.98. The first kappa shape index (κ1) is 21.3. The number of amides is 1. The van der Waals surface area contributed by atoms with Gasteiger partial charge in [-0.25, -0.2) is 0 Å². The van der Waals surface area contributed by atoms with Crippen LogP contribution < -0.4 is 21.2 Å². The minimum absolute atomic E-state index is 0.169. The fourth-order valence-corrected chi connectivity index (χ4v) is 8.39. The summed E-state index contributed by atoms with van der Waals surface area (Å²) in [7, 11) is -1.73. The average Bonchev–Trinajstić information content (AvgIpc) is 2.78. The summed E-state index contributed by atoms with van der Waals surface area (Å²) in [4.78, 5) is 11.8. The zero-order valence-electron chi connectivity index (χ0n) is 17.3. The molecule has 1 N–H and O–H groups in total. The van der Waals surface area contributed by atoms with E-state index in [2.05, 4.69) is 96.3 Å². The van der Waals surface area contributed by atoms with E-state index in [1.807, 2.05) is 6.92 Å². The van der Waals surface area contributed by atoms with Crippen molar-refractivity contribution in [3.05, 3.63) is 91.0 Å². The summed E-state index contributed by atoms with van der Waals surface area (Å²) in [5.74, 6) is 0.169. The molecule has 0 aliphatic carbocycles. The van der Waals surface area contributed by atoms with E-state index in [0.29, 0.717) is 13.0 Å². The Hall–Kier alpha value is -2.44. The standard InChI is InChI=1S/C26H30NOP/c1-2-27-26(28)21-13-6-14-22-29(23-15-7-3-8-16-23,24-17-9-4-10-18-24)25-19-11-5-12-20-25/h3-5,7-12,15-20H,2,6,13-14,21-22H2,1H3/p+1. The van der Waals surface area contributed by atoms with Gasteiger partial charge in [0.2, 0.25) is 5.91 Å². The van der Waals surface area contributed by atoms with Crippen molar-refractivity contribution >= 4 is 29.1 Å². The summed E-state index contributed by atoms with van der Waals surface area (Å²) in [6.07, 6.45) is 4.89. The molecular weight excluding hydrogens is 373 g/mol. The highest BCUT2D eigenvalue weighted by Crippen LogP contribution is 2.55. The third kappa shape index (κ3) is 5.34. The molecule has 0 aliphatic heterocycles. The van der Waals surface area contributed by atoms with Gasteiger partial charge in [-0.2, -0.15) is 0 Å². The lowest BCUT2D eigenvalue weighted by Gasteiger charge is -2.27. The van der Waals surface area contributed by atoms with E-state index in [-0.39, 0.29) is 5.91 Å². The van der Waals surface area contributed by atoms with Crippen LogP contribution in [0.15, 0.2) is 91.0 Å². The van der Waals surface area contributed by atoms with E-state index in [1.165, 1.54) is 15.9 Å². The summed E-state index contributed by atoms with van der Waals surface area (Å²) >= 11 is 0. The molecule has 0 saturated carbocycles. The smallest absolute Gasteiger partial charge is 0.219 e. The SMILES string of the molecule is CCNC(=O)CCCCC[P+](c1ccccc1)(c1ccccc1)c1ccccc1. The van der Waals surface area contributed by atoms with Gasteiger partial charge in [0.25, 0.3) is 0 Å². The molecule has 3 heteroatoms. The Morgan fingerprint density at radius 2 is 1.14 bits per heavy atom. The minimum Gasteiger partial charge on any atom is -0.356 e. The van der Waals surface area contributed by atoms with Crippen LogP contribution in [0.2, 0.25) is 0 Å². The van der Waals surface area contributed by atoms with Gasteiger partial charge in [0.1, 0.15) is 23.2 Å². The van der Waals surface area contributed by atoms with Crippen molar-refractivity contribution in [2.75, 3.05) is 12.7 Å². The lowest BCUT2D eigenvalue weighted by Crippen LogP contribution is -2.33. The van der Waals surface area contributed by atoms with Gasteiger partial charge in [0.15, 0.2) is 0 Å². The first-order valence-electron chi connectivity index (χ1n) is 10.6. The van der Waals surface area contributed by atoms with E-state index in [0.717, 1.165) is 25.4 Å². The molecule has 0 heterocycles. The number of unbranched alkanes of at least 4 members (excludes halogenated alkanes) is 2. The molecular formula is C26H31NOP+. The van der Waals surface area contributed by atoms with E-state index in [9.17, 15) is 4.79 Å². The van der Waals surface area contributed by atoms with E-state index in [1.54, 1.807) is 0 Å². The number of hydrogen-bond acceptors (Lipinski definition) is 1. The van der Waals surface area contributed by atoms with Crippen molar-refractivity contribution in [3.63, 3.8) is 0 Å². The van der Waals surface area contributed by atoms with Crippen LogP contribution in [-0.4, -0.2) is 18.6 Å². The second-order valence-electron chi connectivity index (χ2n) is 7.30. The fraction of sp³-hybridized carbons (Fsp3) is 0.269. The van der Waals surface area contributed by atoms with E-state index >= 15 is 0 Å². The van der Waals surface area contributed by atoms with Gasteiger partial charge < -0.3 is 5.32 Å². The molecule has 3 aromatic carbocycles. The molecule has 150 valence electrons. The number of rotatable bonds is 10. The summed E-state index contributed by atoms with van der Waals surface area (Å²) < 4.78 is 0. The molecule has 29 heavy (non-hydrogen) atoms. The molecule has 0 aliphatic rings. The van der Waals surface area contributed by atoms with Crippen molar-refractivity contribution in [1.82, 2.24) is 5.32 Å². The third-order valence-electron chi connectivity index (χ3n) is 5.36. The van der Waals surface area contributed by atoms with Crippen molar-refractivity contribution in [3.8, 4) is 0 Å². The Kier molecular flexibility index (Phi) is 8.02. The second kappa shape index (κ2) is 10.9. The molecule has 0 atom stereocenters. The van der Waals surface area contributed by atoms with Crippen LogP contribution in [0.25, 0.3) is 0 Å². The summed E-state index contributed by atoms with van der Waals surface area (Å²) in [5, 5.41) is 7.19. The highest BCUT2D eigenvalue weighted by Gasteiger charge is 2.44. The largest absolute Gasteiger partial charge is 0.356 e. The van der Waals surface area contributed by atoms with Crippen LogP contribution in [0.3, 0.4) is 0 Å². The second-order valence-corrected chi connectivity index (χ2v) is 10.9. The van der Waals surface area contributed by atoms with Crippen LogP contribution in [0, 0.1) is 0 Å². The number of carbonyl (C=O) groups excluding carboxylic acids is 1. The van der Waals surface area contributed by atoms with Gasteiger partial charge in [-0.1, -0.05) is 54.6 Å². The number of carbonyl (C=O) groups is 1. The van der Waals surface area contributed by atoms with Crippen molar-refractivity contribution in [1.29, 1.82) is 0 Å². The summed E-state index contributed by atoms with van der Waals surface area (Å²) in [6, 6.07) is 33.0. The molecule has 0 unspecified atom stereocenters. The van der Waals surface area contributed by atoms with Crippen LogP contribution in [-0.2, 0) is 4.79 Å². The van der Waals surface area contributed by atoms with Crippen LogP contribution in [0.1, 0.15) is 32.6 Å². The molecule has 0 radical (unpaired) electrons. The number of benzene rings is 3. The van der Waals surface area contributed by atoms with Gasteiger partial charge in [0.05, 0.1) is 6.16 Å². The van der Waals surface area contributed by atoms with Crippen molar-refractivity contribution in [2.24, 2.45) is 0 Å². The number of hydrogen-bond donors (Lipinski definition) is 1. The van der Waals surface area contributed by atoms with E-state index in [4.69, 9.17) is 0 Å². The lowest BCUT2D eigenvalue weighted by atomic mass is 10.2. The molecule has 2 nitrogen and oxygen atoms in total. The van der Waals surface area contributed by atoms with Crippen LogP contribution in [0.4, 0.5) is 0 Å². The molecule has 0 bridgehead atoms. The van der Waals surface area contributed by atoms with Gasteiger partial charge in [0, 0.05) is 13.0 Å². The zero-order chi connectivity index (χ0) is 20.4. The maximum Gasteiger partial charge on any atom is 0.219 e. The molecule has 3 aromatic rings. The maximum atomic E-state index is 11.8. The Labute approximate surface area is 175 Å². The predicted molar refractivity (Wildman–Crippen MR) is 127 cm³/mol. The molecule has 0 saturated heterocycles. The van der Waals surface area contributed by atoms with Gasteiger partial charge >= 0.3 is 0 Å². The van der Waals surface area contributed by atoms with Crippen molar-refractivity contribution < 1.29 is 4.79 Å². The van der Waals surface area contributed by atoms with Crippen molar-refractivity contribution in [2.45, 2.75) is 32.6 Å². The first-order valence-corrected chi connectivity index (χ1v) is 12.6. The quantitative estimate of drug-likeness (QED) is 0.386. The molecule has 1 amide bonds. The zero-order valence-corrected chi connectivity index (χ0v) is 18.2. The third-order valence-corrected chi connectivity index (χ3v) is 9.89. The van der Waals surface area contributed by atoms with E-state index < -0.39 is 7.26 Å². The Morgan fingerprint density at radius 3 is 1.55 bits per heavy atom. The molecule has 0 aromatic heterocycles. The summed E-state index contributed by atoms with van der Waals surface area (Å²) in [5.41, 5.74) is 0. The molecule has 0 fully saturated rings.